The number of rotatable bonds is 1. The Morgan fingerprint density at radius 2 is 2.00 bits per heavy atom. The Morgan fingerprint density at radius 1 is 1.24 bits per heavy atom. The highest BCUT2D eigenvalue weighted by Gasteiger charge is 2.41. The third kappa shape index (κ3) is 1.43. The van der Waals surface area contributed by atoms with Crippen molar-refractivity contribution < 1.29 is 9.72 Å². The highest BCUT2D eigenvalue weighted by Crippen LogP contribution is 2.50. The Bertz CT molecular complexity index is 604. The molecule has 3 rings (SSSR count). The fraction of sp³-hybridized carbons (Fsp3) is 0.0833. The molecule has 17 heavy (non-hydrogen) atoms. The first-order valence-corrected chi connectivity index (χ1v) is 5.87. The van der Waals surface area contributed by atoms with E-state index in [1.807, 2.05) is 24.3 Å². The first-order chi connectivity index (χ1) is 8.18. The molecule has 1 unspecified atom stereocenters. The van der Waals surface area contributed by atoms with E-state index in [9.17, 15) is 14.9 Å². The minimum absolute atomic E-state index is 0.323. The number of carbonyl (C=O) groups excluding carboxylic acids is 1. The maximum absolute atomic E-state index is 12.0. The number of Topliss-reactive ketones (excluding diaryl/α,β-unsaturated/α-hetero) is 1. The minimum atomic E-state index is -0.610. The molecule has 1 aliphatic heterocycles. The van der Waals surface area contributed by atoms with Crippen LogP contribution in [0, 0.1) is 10.1 Å². The van der Waals surface area contributed by atoms with E-state index < -0.39 is 16.6 Å². The van der Waals surface area contributed by atoms with E-state index in [1.165, 1.54) is 17.8 Å². The maximum Gasteiger partial charge on any atom is 0.313 e. The summed E-state index contributed by atoms with van der Waals surface area (Å²) in [4.78, 5) is 24.1. The second-order valence-electron chi connectivity index (χ2n) is 3.82. The van der Waals surface area contributed by atoms with Crippen molar-refractivity contribution >= 4 is 17.5 Å². The van der Waals surface area contributed by atoms with Gasteiger partial charge in [0, 0.05) is 15.9 Å². The van der Waals surface area contributed by atoms with Crippen LogP contribution in [0.15, 0.2) is 51.9 Å². The average molecular weight is 245 g/mol. The lowest BCUT2D eigenvalue weighted by molar-refractivity contribution is -0.419. The van der Waals surface area contributed by atoms with Gasteiger partial charge in [-0.2, -0.15) is 0 Å². The second kappa shape index (κ2) is 3.56. The lowest BCUT2D eigenvalue weighted by Crippen LogP contribution is -2.21. The van der Waals surface area contributed by atoms with Crippen LogP contribution < -0.4 is 0 Å². The monoisotopic (exact) mass is 245 g/mol. The molecule has 1 heterocycles. The third-order valence-corrected chi connectivity index (χ3v) is 4.06. The summed E-state index contributed by atoms with van der Waals surface area (Å²) in [5.41, 5.74) is 0.553. The lowest BCUT2D eigenvalue weighted by Gasteiger charge is -2.12. The van der Waals surface area contributed by atoms with Gasteiger partial charge in [0.25, 0.3) is 0 Å². The zero-order valence-electron chi connectivity index (χ0n) is 8.62. The van der Waals surface area contributed by atoms with Crippen LogP contribution in [-0.4, -0.2) is 10.7 Å². The van der Waals surface area contributed by atoms with Crippen LogP contribution in [0.5, 0.6) is 0 Å². The highest BCUT2D eigenvalue weighted by atomic mass is 32.2. The molecule has 5 heteroatoms. The Kier molecular flexibility index (Phi) is 2.16. The van der Waals surface area contributed by atoms with E-state index in [-0.39, 0.29) is 5.70 Å². The number of hydrogen-bond acceptors (Lipinski definition) is 4. The molecule has 1 aromatic rings. The van der Waals surface area contributed by atoms with Crippen LogP contribution in [0.2, 0.25) is 0 Å². The van der Waals surface area contributed by atoms with E-state index >= 15 is 0 Å². The molecule has 2 aliphatic rings. The summed E-state index contributed by atoms with van der Waals surface area (Å²) in [5, 5.41) is 10.7. The summed E-state index contributed by atoms with van der Waals surface area (Å²) in [6.07, 6.45) is 2.97. The number of hydrogen-bond donors (Lipinski definition) is 0. The molecule has 0 bridgehead atoms. The average Bonchev–Trinajstić information content (AvgIpc) is 2.67. The largest absolute Gasteiger partial charge is 0.313 e. The van der Waals surface area contributed by atoms with Gasteiger partial charge >= 0.3 is 5.70 Å². The van der Waals surface area contributed by atoms with Gasteiger partial charge in [-0.05, 0) is 17.7 Å². The highest BCUT2D eigenvalue weighted by molar-refractivity contribution is 8.03. The van der Waals surface area contributed by atoms with Gasteiger partial charge < -0.3 is 0 Å². The van der Waals surface area contributed by atoms with Crippen LogP contribution >= 0.6 is 11.8 Å². The Balaban J connectivity index is 2.12. The van der Waals surface area contributed by atoms with Crippen molar-refractivity contribution in [3.05, 3.63) is 62.7 Å². The van der Waals surface area contributed by atoms with Crippen LogP contribution in [0.1, 0.15) is 11.5 Å². The molecule has 0 radical (unpaired) electrons. The van der Waals surface area contributed by atoms with Crippen molar-refractivity contribution in [3.63, 3.8) is 0 Å². The van der Waals surface area contributed by atoms with Crippen molar-refractivity contribution in [3.8, 4) is 0 Å². The van der Waals surface area contributed by atoms with E-state index in [2.05, 4.69) is 0 Å². The maximum atomic E-state index is 12.0. The van der Waals surface area contributed by atoms with E-state index in [0.717, 1.165) is 15.4 Å². The lowest BCUT2D eigenvalue weighted by atomic mass is 9.90. The zero-order chi connectivity index (χ0) is 12.0. The Hall–Kier alpha value is -1.88. The molecule has 0 saturated carbocycles. The SMILES string of the molecule is O=C1C([N+](=O)[O-])=CC=C2Sc3ccccc3C12. The first kappa shape index (κ1) is 10.3. The Labute approximate surface area is 101 Å². The van der Waals surface area contributed by atoms with Crippen LogP contribution in [0.3, 0.4) is 0 Å². The number of fused-ring (bicyclic) bond motifs is 3. The van der Waals surface area contributed by atoms with Crippen molar-refractivity contribution in [2.75, 3.05) is 0 Å². The van der Waals surface area contributed by atoms with Crippen molar-refractivity contribution in [2.45, 2.75) is 10.8 Å². The number of carbonyl (C=O) groups is 1. The fourth-order valence-electron chi connectivity index (χ4n) is 2.09. The van der Waals surface area contributed by atoms with Crippen molar-refractivity contribution in [1.82, 2.24) is 0 Å². The van der Waals surface area contributed by atoms with E-state index in [4.69, 9.17) is 0 Å². The molecule has 1 aromatic carbocycles. The Morgan fingerprint density at radius 3 is 2.76 bits per heavy atom. The molecular weight excluding hydrogens is 238 g/mol. The summed E-state index contributed by atoms with van der Waals surface area (Å²) in [6, 6.07) is 7.53. The normalized spacial score (nSPS) is 21.4. The molecule has 0 saturated heterocycles. The number of allylic oxidation sites excluding steroid dienone is 4. The summed E-state index contributed by atoms with van der Waals surface area (Å²) in [6.45, 7) is 0. The van der Waals surface area contributed by atoms with Crippen LogP contribution in [0.4, 0.5) is 0 Å². The smallest absolute Gasteiger partial charge is 0.286 e. The van der Waals surface area contributed by atoms with Gasteiger partial charge in [-0.3, -0.25) is 14.9 Å². The van der Waals surface area contributed by atoms with Gasteiger partial charge in [0.2, 0.25) is 5.78 Å². The molecule has 4 nitrogen and oxygen atoms in total. The molecule has 0 spiro atoms. The van der Waals surface area contributed by atoms with Gasteiger partial charge in [0.1, 0.15) is 0 Å². The summed E-state index contributed by atoms with van der Waals surface area (Å²) >= 11 is 1.51. The number of ketones is 1. The summed E-state index contributed by atoms with van der Waals surface area (Å²) in [7, 11) is 0. The van der Waals surface area contributed by atoms with E-state index in [1.54, 1.807) is 6.08 Å². The first-order valence-electron chi connectivity index (χ1n) is 5.06. The van der Waals surface area contributed by atoms with Gasteiger partial charge in [0.05, 0.1) is 10.8 Å². The quantitative estimate of drug-likeness (QED) is 0.563. The minimum Gasteiger partial charge on any atom is -0.286 e. The van der Waals surface area contributed by atoms with Gasteiger partial charge in [0.15, 0.2) is 0 Å². The second-order valence-corrected chi connectivity index (χ2v) is 4.93. The predicted octanol–water partition coefficient (Wildman–Crippen LogP) is 2.50. The molecule has 84 valence electrons. The van der Waals surface area contributed by atoms with Crippen LogP contribution in [0.25, 0.3) is 0 Å². The fourth-order valence-corrected chi connectivity index (χ4v) is 3.29. The molecule has 1 atom stereocenters. The molecular formula is C12H7NO3S. The number of benzene rings is 1. The van der Waals surface area contributed by atoms with Gasteiger partial charge in [-0.15, -0.1) is 0 Å². The zero-order valence-corrected chi connectivity index (χ0v) is 9.44. The van der Waals surface area contributed by atoms with E-state index in [0.29, 0.717) is 0 Å². The molecule has 0 amide bonds. The predicted molar refractivity (Wildman–Crippen MR) is 63.2 cm³/mol. The topological polar surface area (TPSA) is 60.2 Å². The van der Waals surface area contributed by atoms with Gasteiger partial charge in [-0.1, -0.05) is 30.0 Å². The molecule has 0 N–H and O–H groups in total. The molecule has 0 fully saturated rings. The standard InChI is InChI=1S/C12H7NO3S/c14-12-8(13(15)16)5-6-10-11(12)7-3-1-2-4-9(7)17-10/h1-6,11H. The summed E-state index contributed by atoms with van der Waals surface area (Å²) in [5.74, 6) is -0.883. The number of thioether (sulfide) groups is 1. The van der Waals surface area contributed by atoms with Gasteiger partial charge in [-0.25, -0.2) is 0 Å². The van der Waals surface area contributed by atoms with Crippen molar-refractivity contribution in [1.29, 1.82) is 0 Å². The number of nitrogens with zero attached hydrogens (tertiary/aromatic N) is 1. The van der Waals surface area contributed by atoms with Crippen LogP contribution in [-0.2, 0) is 4.79 Å². The number of nitro groups is 1. The molecule has 0 aromatic heterocycles. The van der Waals surface area contributed by atoms with Crippen molar-refractivity contribution in [2.24, 2.45) is 0 Å². The summed E-state index contributed by atoms with van der Waals surface area (Å²) < 4.78 is 0. The molecule has 1 aliphatic carbocycles. The third-order valence-electron chi connectivity index (χ3n) is 2.86.